The zero-order valence-electron chi connectivity index (χ0n) is 61.7. The molecule has 0 saturated heterocycles. The van der Waals surface area contributed by atoms with Crippen LogP contribution in [-0.2, 0) is 54.4 Å². The summed E-state index contributed by atoms with van der Waals surface area (Å²) in [7, 11) is 6.75. The van der Waals surface area contributed by atoms with Gasteiger partial charge in [0.15, 0.2) is 0 Å². The second-order valence-electron chi connectivity index (χ2n) is 27.8. The van der Waals surface area contributed by atoms with Gasteiger partial charge in [-0.25, -0.2) is 0 Å². The lowest BCUT2D eigenvalue weighted by Crippen LogP contribution is -2.62. The number of carbonyl (C=O) groups excluding carboxylic acids is 10. The third kappa shape index (κ3) is 29.3. The normalized spacial score (nSPS) is 16.8. The number of rotatable bonds is 43. The van der Waals surface area contributed by atoms with Gasteiger partial charge in [0.25, 0.3) is 0 Å². The summed E-state index contributed by atoms with van der Waals surface area (Å²) in [5.41, 5.74) is 7.80. The van der Waals surface area contributed by atoms with Gasteiger partial charge < -0.3 is 87.3 Å². The van der Waals surface area contributed by atoms with Gasteiger partial charge in [-0.3, -0.25) is 47.9 Å². The molecule has 0 heterocycles. The molecule has 15 atom stereocenters. The number of nitrogens with zero attached hydrogens (tertiary/aromatic N) is 4. The number of aliphatic hydroxyl groups excluding tert-OH is 6. The van der Waals surface area contributed by atoms with E-state index in [9.17, 15) is 78.6 Å². The maximum absolute atomic E-state index is 14.5. The summed E-state index contributed by atoms with van der Waals surface area (Å²) in [5.74, 6) is -9.25. The van der Waals surface area contributed by atoms with Gasteiger partial charge in [-0.05, 0) is 120 Å². The molecule has 98 heavy (non-hydrogen) atoms. The van der Waals surface area contributed by atoms with Crippen molar-refractivity contribution in [3.8, 4) is 5.75 Å². The number of carbonyl (C=O) groups is 10. The average Bonchev–Trinajstić information content (AvgIpc) is 0.823. The van der Waals surface area contributed by atoms with E-state index in [1.807, 2.05) is 59.8 Å². The van der Waals surface area contributed by atoms with Crippen LogP contribution in [0.1, 0.15) is 154 Å². The molecule has 0 radical (unpaired) electrons. The number of primary amides is 1. The van der Waals surface area contributed by atoms with E-state index in [0.717, 1.165) is 36.3 Å². The van der Waals surface area contributed by atoms with E-state index in [2.05, 4.69) is 26.6 Å². The zero-order chi connectivity index (χ0) is 75.3. The molecular formula is C71H120N10O17. The third-order valence-electron chi connectivity index (χ3n) is 17.4. The number of likely N-dealkylation sites (N-methyl/N-ethyl adjacent to an activating group) is 4. The van der Waals surface area contributed by atoms with Crippen LogP contribution in [0.15, 0.2) is 59.7 Å². The maximum atomic E-state index is 14.5. The summed E-state index contributed by atoms with van der Waals surface area (Å²) in [5, 5.41) is 76.5. The molecule has 0 aliphatic carbocycles. The molecule has 27 heteroatoms. The first-order chi connectivity index (χ1) is 45.6. The summed E-state index contributed by atoms with van der Waals surface area (Å²) in [6, 6.07) is -4.99. The Balaban J connectivity index is 3.30. The van der Waals surface area contributed by atoms with E-state index in [-0.39, 0.29) is 62.2 Å². The van der Waals surface area contributed by atoms with Crippen molar-refractivity contribution >= 4 is 59.1 Å². The van der Waals surface area contributed by atoms with Crippen molar-refractivity contribution in [2.75, 3.05) is 48.5 Å². The third-order valence-corrected chi connectivity index (χ3v) is 17.4. The highest BCUT2D eigenvalue weighted by atomic mass is 16.5. The highest BCUT2D eigenvalue weighted by Gasteiger charge is 2.42. The summed E-state index contributed by atoms with van der Waals surface area (Å²) < 4.78 is 5.21. The lowest BCUT2D eigenvalue weighted by atomic mass is 9.93. The second kappa shape index (κ2) is 43.3. The Morgan fingerprint density at radius 2 is 1.09 bits per heavy atom. The molecule has 0 fully saturated rings. The van der Waals surface area contributed by atoms with E-state index in [1.165, 1.54) is 49.1 Å². The number of amides is 10. The van der Waals surface area contributed by atoms with Crippen LogP contribution in [-0.4, -0.2) is 237 Å². The van der Waals surface area contributed by atoms with Crippen LogP contribution in [0.3, 0.4) is 0 Å². The van der Waals surface area contributed by atoms with Crippen molar-refractivity contribution in [2.45, 2.75) is 234 Å². The van der Waals surface area contributed by atoms with Crippen molar-refractivity contribution in [1.29, 1.82) is 0 Å². The fourth-order valence-corrected chi connectivity index (χ4v) is 11.3. The standard InChI is InChI=1S/C71H120N10O17/c1-39(2)31-54(74-59(88)36-52(86)33-43(9)23-21-22-24-44(10)63(89)46(12)34-45(11)48(14)84)69(95)80(18)61(41(5)6)67(93)76-56(38-83)65(91)75-55(32-40(3)4)68(94)78(16)47(13)64(90)77-60(49(15)85)70(96)81(19)62(42(7)8)71(97)79(17)57(29-30-58(72)87)66(92)73-51(37-82)35-50-25-27-53(98-20)28-26-50/h22,24-28,33-34,39-42,44-45,47-49,51-52,54-57,60-63,82-86,89H,21,23,29-32,35-38H2,1-20H3,(H2,72,87)(H,73,92)(H,74,88)(H,75,91)(H,76,93)(H,77,90)/b24-22+,43-33-,46-34+/t44-,45-,47+,48+,49+,51-,52-,54-,55+,56+,57-,60-,61+,62-,63-/m0/s1. The van der Waals surface area contributed by atoms with Crippen LogP contribution >= 0.6 is 0 Å². The number of hydrogen-bond donors (Lipinski definition) is 12. The lowest BCUT2D eigenvalue weighted by Gasteiger charge is -2.38. The first-order valence-corrected chi connectivity index (χ1v) is 34.0. The van der Waals surface area contributed by atoms with Crippen molar-refractivity contribution in [3.05, 3.63) is 65.3 Å². The summed E-state index contributed by atoms with van der Waals surface area (Å²) in [4.78, 5) is 144. The van der Waals surface area contributed by atoms with Crippen molar-refractivity contribution in [1.82, 2.24) is 46.2 Å². The highest BCUT2D eigenvalue weighted by Crippen LogP contribution is 2.23. The minimum Gasteiger partial charge on any atom is -0.497 e. The van der Waals surface area contributed by atoms with Crippen LogP contribution in [0.2, 0.25) is 0 Å². The Morgan fingerprint density at radius 1 is 0.561 bits per heavy atom. The Morgan fingerprint density at radius 3 is 1.58 bits per heavy atom. The van der Waals surface area contributed by atoms with Crippen LogP contribution in [0, 0.1) is 35.5 Å². The van der Waals surface area contributed by atoms with Gasteiger partial charge in [0.2, 0.25) is 59.1 Å². The number of methoxy groups -OCH3 is 1. The number of nitrogens with one attached hydrogen (secondary N) is 5. The van der Waals surface area contributed by atoms with Gasteiger partial charge in [-0.1, -0.05) is 111 Å². The summed E-state index contributed by atoms with van der Waals surface area (Å²) in [6.45, 7) is 24.0. The molecule has 0 unspecified atom stereocenters. The molecule has 556 valence electrons. The molecule has 10 amide bonds. The number of ether oxygens (including phenoxy) is 1. The van der Waals surface area contributed by atoms with Gasteiger partial charge in [-0.15, -0.1) is 0 Å². The molecule has 1 aromatic carbocycles. The smallest absolute Gasteiger partial charge is 0.248 e. The van der Waals surface area contributed by atoms with Gasteiger partial charge in [0.05, 0.1) is 57.2 Å². The predicted molar refractivity (Wildman–Crippen MR) is 374 cm³/mol. The molecule has 0 aliphatic rings. The topological polar surface area (TPSA) is 400 Å². The minimum atomic E-state index is -1.70. The Kier molecular flexibility index (Phi) is 39.2. The largest absolute Gasteiger partial charge is 0.497 e. The fourth-order valence-electron chi connectivity index (χ4n) is 11.3. The molecule has 0 aliphatic heterocycles. The predicted octanol–water partition coefficient (Wildman–Crippen LogP) is 2.02. The van der Waals surface area contributed by atoms with Gasteiger partial charge >= 0.3 is 0 Å². The number of allylic oxidation sites excluding steroid dienone is 2. The fraction of sp³-hybridized carbons (Fsp3) is 0.690. The van der Waals surface area contributed by atoms with Crippen LogP contribution in [0.5, 0.6) is 5.75 Å². The first kappa shape index (κ1) is 88.7. The minimum absolute atomic E-state index is 0.00137. The van der Waals surface area contributed by atoms with E-state index in [1.54, 1.807) is 78.8 Å². The molecule has 0 aromatic heterocycles. The Bertz CT molecular complexity index is 2840. The number of aliphatic hydroxyl groups is 6. The van der Waals surface area contributed by atoms with E-state index >= 15 is 0 Å². The van der Waals surface area contributed by atoms with E-state index in [4.69, 9.17) is 10.5 Å². The highest BCUT2D eigenvalue weighted by molar-refractivity contribution is 5.98. The van der Waals surface area contributed by atoms with Crippen LogP contribution in [0.25, 0.3) is 0 Å². The second-order valence-corrected chi connectivity index (χ2v) is 27.8. The Hall–Kier alpha value is -7.30. The van der Waals surface area contributed by atoms with Gasteiger partial charge in [0, 0.05) is 46.4 Å². The SMILES string of the molecule is COc1ccc(C[C@@H](CO)NC(=O)[C@H](CCC(N)=O)N(C)C(=O)[C@H](C(C)C)N(C)C(=O)[C@@H](NC(=O)[C@@H](C)N(C)C(=O)[C@@H](CC(C)C)NC(=O)[C@@H](CO)NC(=O)[C@@H](C(C)C)N(C)C(=O)[C@H](CC(C)C)NC(=O)C[C@@H](O)/C=C(/C)CC/C=C/[C@H](C)[C@H](O)/C(C)=C/[C@H](C)[C@@H](C)O)[C@@H](C)O)cc1. The molecule has 0 bridgehead atoms. The summed E-state index contributed by atoms with van der Waals surface area (Å²) >= 11 is 0. The van der Waals surface area contributed by atoms with Crippen LogP contribution < -0.4 is 37.1 Å². The quantitative estimate of drug-likeness (QED) is 0.0416. The molecule has 0 spiro atoms. The Labute approximate surface area is 581 Å². The summed E-state index contributed by atoms with van der Waals surface area (Å²) in [6.07, 6.45) is 3.85. The monoisotopic (exact) mass is 1380 g/mol. The lowest BCUT2D eigenvalue weighted by molar-refractivity contribution is -0.152. The van der Waals surface area contributed by atoms with Gasteiger partial charge in [-0.2, -0.15) is 0 Å². The maximum Gasteiger partial charge on any atom is 0.248 e. The first-order valence-electron chi connectivity index (χ1n) is 34.0. The number of hydrogen-bond acceptors (Lipinski definition) is 17. The number of benzene rings is 1. The zero-order valence-corrected chi connectivity index (χ0v) is 61.7. The molecule has 1 aromatic rings. The van der Waals surface area contributed by atoms with Crippen molar-refractivity contribution < 1.29 is 83.3 Å². The number of nitrogens with two attached hydrogens (primary N) is 1. The van der Waals surface area contributed by atoms with E-state index < -0.39 is 163 Å². The molecule has 27 nitrogen and oxygen atoms in total. The molecule has 13 N–H and O–H groups in total. The molecule has 0 saturated carbocycles. The van der Waals surface area contributed by atoms with Crippen LogP contribution in [0.4, 0.5) is 0 Å². The van der Waals surface area contributed by atoms with Gasteiger partial charge in [0.1, 0.15) is 54.1 Å². The average molecular weight is 1390 g/mol. The molecule has 1 rings (SSSR count). The molecular weight excluding hydrogens is 1260 g/mol. The van der Waals surface area contributed by atoms with E-state index in [0.29, 0.717) is 18.6 Å². The van der Waals surface area contributed by atoms with Crippen molar-refractivity contribution in [2.24, 2.45) is 41.2 Å². The van der Waals surface area contributed by atoms with Crippen molar-refractivity contribution in [3.63, 3.8) is 0 Å².